The van der Waals surface area contributed by atoms with Crippen molar-refractivity contribution in [1.82, 2.24) is 15.1 Å². The lowest BCUT2D eigenvalue weighted by Gasteiger charge is -2.25. The molecule has 5 nitrogen and oxygen atoms in total. The summed E-state index contributed by atoms with van der Waals surface area (Å²) in [5, 5.41) is 3.03. The molecule has 1 N–H and O–H groups in total. The lowest BCUT2D eigenvalue weighted by Crippen LogP contribution is -2.47. The quantitative estimate of drug-likeness (QED) is 0.749. The van der Waals surface area contributed by atoms with Gasteiger partial charge in [0.15, 0.2) is 0 Å². The Morgan fingerprint density at radius 1 is 1.35 bits per heavy atom. The topological polar surface area (TPSA) is 44.8 Å². The molecular formula is C12H25N3O2. The van der Waals surface area contributed by atoms with Gasteiger partial charge in [-0.2, -0.15) is 0 Å². The van der Waals surface area contributed by atoms with E-state index in [0.29, 0.717) is 6.61 Å². The van der Waals surface area contributed by atoms with Crippen LogP contribution in [0.5, 0.6) is 0 Å². The Labute approximate surface area is 104 Å². The number of urea groups is 1. The number of carbonyl (C=O) groups excluding carboxylic acids is 1. The van der Waals surface area contributed by atoms with Gasteiger partial charge in [0.05, 0.1) is 12.6 Å². The van der Waals surface area contributed by atoms with Gasteiger partial charge in [-0.05, 0) is 26.9 Å². The zero-order valence-corrected chi connectivity index (χ0v) is 11.2. The lowest BCUT2D eigenvalue weighted by molar-refractivity contribution is 0.175. The second kappa shape index (κ2) is 7.50. The van der Waals surface area contributed by atoms with E-state index in [2.05, 4.69) is 17.1 Å². The Bertz CT molecular complexity index is 228. The molecule has 0 bridgehead atoms. The molecule has 1 unspecified atom stereocenters. The van der Waals surface area contributed by atoms with Crippen molar-refractivity contribution >= 4 is 6.03 Å². The van der Waals surface area contributed by atoms with E-state index in [4.69, 9.17) is 4.74 Å². The Hall–Kier alpha value is -0.810. The fourth-order valence-corrected chi connectivity index (χ4v) is 1.82. The van der Waals surface area contributed by atoms with Gasteiger partial charge < -0.3 is 19.9 Å². The third-order valence-electron chi connectivity index (χ3n) is 2.86. The smallest absolute Gasteiger partial charge is 0.317 e. The number of nitrogens with one attached hydrogen (secondary N) is 1. The van der Waals surface area contributed by atoms with Crippen molar-refractivity contribution in [3.05, 3.63) is 0 Å². The first-order valence-electron chi connectivity index (χ1n) is 6.41. The summed E-state index contributed by atoms with van der Waals surface area (Å²) in [5.41, 5.74) is 0. The second-order valence-electron chi connectivity index (χ2n) is 4.80. The van der Waals surface area contributed by atoms with Crippen LogP contribution in [-0.2, 0) is 4.74 Å². The number of amides is 2. The molecule has 0 radical (unpaired) electrons. The van der Waals surface area contributed by atoms with E-state index >= 15 is 0 Å². The molecule has 0 saturated carbocycles. The minimum atomic E-state index is 0.0456. The summed E-state index contributed by atoms with van der Waals surface area (Å²) in [4.78, 5) is 16.0. The first-order chi connectivity index (χ1) is 8.13. The highest BCUT2D eigenvalue weighted by Gasteiger charge is 2.20. The number of hydrogen-bond acceptors (Lipinski definition) is 3. The van der Waals surface area contributed by atoms with Gasteiger partial charge in [-0.1, -0.05) is 6.92 Å². The maximum absolute atomic E-state index is 12.0. The maximum Gasteiger partial charge on any atom is 0.317 e. The molecule has 1 heterocycles. The second-order valence-corrected chi connectivity index (χ2v) is 4.80. The molecule has 1 saturated heterocycles. The first kappa shape index (κ1) is 14.3. The number of nitrogens with zero attached hydrogens (tertiary/aromatic N) is 2. The van der Waals surface area contributed by atoms with Gasteiger partial charge in [0.25, 0.3) is 0 Å². The first-order valence-corrected chi connectivity index (χ1v) is 6.41. The normalized spacial score (nSPS) is 19.6. The van der Waals surface area contributed by atoms with Gasteiger partial charge in [-0.15, -0.1) is 0 Å². The maximum atomic E-state index is 12.0. The molecule has 1 aliphatic rings. The molecule has 1 aliphatic heterocycles. The van der Waals surface area contributed by atoms with Gasteiger partial charge >= 0.3 is 6.03 Å². The standard InChI is InChI=1S/C12H25N3O2/c1-4-6-15(8-7-14(2)3)12(16)13-11-5-9-17-10-11/h11H,4-10H2,1-3H3,(H,13,16). The van der Waals surface area contributed by atoms with Crippen LogP contribution >= 0.6 is 0 Å². The molecule has 0 aliphatic carbocycles. The van der Waals surface area contributed by atoms with Crippen molar-refractivity contribution in [2.45, 2.75) is 25.8 Å². The molecular weight excluding hydrogens is 218 g/mol. The molecule has 0 aromatic heterocycles. The Balaban J connectivity index is 2.35. The summed E-state index contributed by atoms with van der Waals surface area (Å²) in [6.07, 6.45) is 1.92. The van der Waals surface area contributed by atoms with Crippen LogP contribution in [0.3, 0.4) is 0 Å². The number of hydrogen-bond donors (Lipinski definition) is 1. The summed E-state index contributed by atoms with van der Waals surface area (Å²) < 4.78 is 5.25. The van der Waals surface area contributed by atoms with Crippen LogP contribution in [-0.4, -0.2) is 68.8 Å². The Morgan fingerprint density at radius 2 is 2.12 bits per heavy atom. The van der Waals surface area contributed by atoms with Gasteiger partial charge in [-0.3, -0.25) is 0 Å². The molecule has 17 heavy (non-hydrogen) atoms. The van der Waals surface area contributed by atoms with Crippen molar-refractivity contribution in [2.75, 3.05) is 46.9 Å². The Morgan fingerprint density at radius 3 is 2.65 bits per heavy atom. The molecule has 0 aromatic carbocycles. The average Bonchev–Trinajstić information content (AvgIpc) is 2.76. The predicted molar refractivity (Wildman–Crippen MR) is 68.2 cm³/mol. The highest BCUT2D eigenvalue weighted by atomic mass is 16.5. The molecule has 0 spiro atoms. The van der Waals surface area contributed by atoms with Gasteiger partial charge in [0.1, 0.15) is 0 Å². The molecule has 0 aromatic rings. The third kappa shape index (κ3) is 5.37. The van der Waals surface area contributed by atoms with Crippen molar-refractivity contribution < 1.29 is 9.53 Å². The molecule has 1 rings (SSSR count). The summed E-state index contributed by atoms with van der Waals surface area (Å²) in [6, 6.07) is 0.241. The molecule has 100 valence electrons. The largest absolute Gasteiger partial charge is 0.379 e. The fourth-order valence-electron chi connectivity index (χ4n) is 1.82. The minimum absolute atomic E-state index is 0.0456. The van der Waals surface area contributed by atoms with Gasteiger partial charge in [0, 0.05) is 26.2 Å². The van der Waals surface area contributed by atoms with Crippen molar-refractivity contribution in [3.63, 3.8) is 0 Å². The summed E-state index contributed by atoms with van der Waals surface area (Å²) in [7, 11) is 4.04. The monoisotopic (exact) mass is 243 g/mol. The molecule has 5 heteroatoms. The third-order valence-corrected chi connectivity index (χ3v) is 2.86. The van der Waals surface area contributed by atoms with Crippen LogP contribution in [0.1, 0.15) is 19.8 Å². The number of ether oxygens (including phenoxy) is 1. The molecule has 1 fully saturated rings. The highest BCUT2D eigenvalue weighted by molar-refractivity contribution is 5.74. The van der Waals surface area contributed by atoms with Crippen molar-refractivity contribution in [1.29, 1.82) is 0 Å². The number of rotatable bonds is 6. The average molecular weight is 243 g/mol. The van der Waals surface area contributed by atoms with E-state index in [1.807, 2.05) is 19.0 Å². The lowest BCUT2D eigenvalue weighted by atomic mass is 10.3. The molecule has 1 atom stereocenters. The predicted octanol–water partition coefficient (Wildman–Crippen LogP) is 0.759. The minimum Gasteiger partial charge on any atom is -0.379 e. The van der Waals surface area contributed by atoms with Crippen molar-refractivity contribution in [2.24, 2.45) is 0 Å². The Kier molecular flexibility index (Phi) is 6.29. The van der Waals surface area contributed by atoms with E-state index in [1.54, 1.807) is 0 Å². The van der Waals surface area contributed by atoms with Crippen LogP contribution in [0.4, 0.5) is 4.79 Å². The van der Waals surface area contributed by atoms with Crippen molar-refractivity contribution in [3.8, 4) is 0 Å². The van der Waals surface area contributed by atoms with Crippen LogP contribution in [0, 0.1) is 0 Å². The van der Waals surface area contributed by atoms with Crippen LogP contribution in [0.15, 0.2) is 0 Å². The summed E-state index contributed by atoms with van der Waals surface area (Å²) >= 11 is 0. The van der Waals surface area contributed by atoms with Crippen LogP contribution in [0.2, 0.25) is 0 Å². The van der Waals surface area contributed by atoms with E-state index in [-0.39, 0.29) is 12.1 Å². The van der Waals surface area contributed by atoms with Gasteiger partial charge in [-0.25, -0.2) is 4.79 Å². The molecule has 2 amide bonds. The summed E-state index contributed by atoms with van der Waals surface area (Å²) in [5.74, 6) is 0. The zero-order chi connectivity index (χ0) is 12.7. The van der Waals surface area contributed by atoms with Gasteiger partial charge in [0.2, 0.25) is 0 Å². The van der Waals surface area contributed by atoms with Crippen LogP contribution < -0.4 is 5.32 Å². The highest BCUT2D eigenvalue weighted by Crippen LogP contribution is 2.04. The van der Waals surface area contributed by atoms with Crippen LogP contribution in [0.25, 0.3) is 0 Å². The van der Waals surface area contributed by atoms with E-state index < -0.39 is 0 Å². The fraction of sp³-hybridized carbons (Fsp3) is 0.917. The SMILES string of the molecule is CCCN(CCN(C)C)C(=O)NC1CCOC1. The van der Waals surface area contributed by atoms with E-state index in [0.717, 1.165) is 39.1 Å². The number of carbonyl (C=O) groups is 1. The zero-order valence-electron chi connectivity index (χ0n) is 11.2. The summed E-state index contributed by atoms with van der Waals surface area (Å²) in [6.45, 7) is 5.99. The number of likely N-dealkylation sites (N-methyl/N-ethyl adjacent to an activating group) is 1. The van der Waals surface area contributed by atoms with E-state index in [9.17, 15) is 4.79 Å². The van der Waals surface area contributed by atoms with E-state index in [1.165, 1.54) is 0 Å².